The van der Waals surface area contributed by atoms with Crippen LogP contribution in [0, 0.1) is 0 Å². The monoisotopic (exact) mass is 497 g/mol. The lowest BCUT2D eigenvalue weighted by atomic mass is 9.85. The molecule has 0 amide bonds. The van der Waals surface area contributed by atoms with Crippen LogP contribution in [0.4, 0.5) is 0 Å². The van der Waals surface area contributed by atoms with E-state index in [4.69, 9.17) is 9.73 Å². The summed E-state index contributed by atoms with van der Waals surface area (Å²) in [7, 11) is 1.93. The van der Waals surface area contributed by atoms with E-state index in [9.17, 15) is 0 Å². The van der Waals surface area contributed by atoms with E-state index in [-0.39, 0.29) is 35.5 Å². The number of aromatic nitrogens is 2. The Morgan fingerprint density at radius 2 is 2.07 bits per heavy atom. The average molecular weight is 497 g/mol. The van der Waals surface area contributed by atoms with Crippen molar-refractivity contribution in [1.82, 2.24) is 20.0 Å². The molecule has 1 unspecified atom stereocenters. The second-order valence-corrected chi connectivity index (χ2v) is 7.67. The molecule has 0 radical (unpaired) electrons. The summed E-state index contributed by atoms with van der Waals surface area (Å²) in [6.45, 7) is 10.5. The number of hydrogen-bond acceptors (Lipinski definition) is 3. The van der Waals surface area contributed by atoms with E-state index in [0.29, 0.717) is 6.61 Å². The fraction of sp³-hybridized carbons (Fsp3) is 0.524. The van der Waals surface area contributed by atoms with Crippen LogP contribution in [0.2, 0.25) is 0 Å². The standard InChI is InChI=1S/C21H31N5O.HI/c1-5-22-20(23-16-21(2,3)18-9-7-6-8-10-18)26-11-12-27-19(15-26)17-13-24-25(4)14-17;/h6-10,13-14,19H,5,11-12,15-16H2,1-4H3,(H,22,23);1H. The van der Waals surface area contributed by atoms with Crippen molar-refractivity contribution in [1.29, 1.82) is 0 Å². The van der Waals surface area contributed by atoms with Crippen LogP contribution in [0.15, 0.2) is 47.7 Å². The van der Waals surface area contributed by atoms with Crippen molar-refractivity contribution in [3.63, 3.8) is 0 Å². The Morgan fingerprint density at radius 1 is 1.32 bits per heavy atom. The number of morpholine rings is 1. The van der Waals surface area contributed by atoms with E-state index < -0.39 is 0 Å². The minimum atomic E-state index is -0.0169. The molecule has 0 saturated carbocycles. The van der Waals surface area contributed by atoms with Gasteiger partial charge in [-0.2, -0.15) is 5.10 Å². The second kappa shape index (κ2) is 10.2. The van der Waals surface area contributed by atoms with Crippen LogP contribution in [-0.4, -0.2) is 53.4 Å². The molecule has 6 nitrogen and oxygen atoms in total. The van der Waals surface area contributed by atoms with Crippen LogP contribution >= 0.6 is 24.0 Å². The zero-order valence-electron chi connectivity index (χ0n) is 17.3. The van der Waals surface area contributed by atoms with Crippen molar-refractivity contribution in [3.8, 4) is 0 Å². The molecule has 2 aromatic rings. The molecule has 1 saturated heterocycles. The minimum Gasteiger partial charge on any atom is -0.370 e. The average Bonchev–Trinajstić information content (AvgIpc) is 3.12. The summed E-state index contributed by atoms with van der Waals surface area (Å²) < 4.78 is 7.79. The van der Waals surface area contributed by atoms with Gasteiger partial charge in [-0.25, -0.2) is 0 Å². The normalized spacial score (nSPS) is 17.9. The molecule has 2 heterocycles. The van der Waals surface area contributed by atoms with Gasteiger partial charge in [0.2, 0.25) is 0 Å². The Balaban J connectivity index is 0.00000280. The third kappa shape index (κ3) is 5.70. The van der Waals surface area contributed by atoms with E-state index in [2.05, 4.69) is 66.4 Å². The zero-order valence-corrected chi connectivity index (χ0v) is 19.6. The highest BCUT2D eigenvalue weighted by Gasteiger charge is 2.26. The topological polar surface area (TPSA) is 54.7 Å². The van der Waals surface area contributed by atoms with Crippen molar-refractivity contribution in [3.05, 3.63) is 53.9 Å². The Labute approximate surface area is 185 Å². The first-order valence-electron chi connectivity index (χ1n) is 9.68. The van der Waals surface area contributed by atoms with E-state index in [1.165, 1.54) is 5.56 Å². The van der Waals surface area contributed by atoms with E-state index in [0.717, 1.165) is 37.7 Å². The minimum absolute atomic E-state index is 0. The van der Waals surface area contributed by atoms with Gasteiger partial charge in [0, 0.05) is 37.3 Å². The molecule has 0 spiro atoms. The summed E-state index contributed by atoms with van der Waals surface area (Å²) in [5.74, 6) is 0.957. The largest absolute Gasteiger partial charge is 0.370 e. The van der Waals surface area contributed by atoms with Crippen LogP contribution in [-0.2, 0) is 17.2 Å². The Kier molecular flexibility index (Phi) is 8.30. The smallest absolute Gasteiger partial charge is 0.194 e. The van der Waals surface area contributed by atoms with Gasteiger partial charge in [0.1, 0.15) is 6.10 Å². The van der Waals surface area contributed by atoms with Gasteiger partial charge < -0.3 is 15.0 Å². The van der Waals surface area contributed by atoms with Crippen molar-refractivity contribution in [2.75, 3.05) is 32.8 Å². The zero-order chi connectivity index (χ0) is 19.3. The Bertz CT molecular complexity index is 759. The van der Waals surface area contributed by atoms with Gasteiger partial charge in [-0.15, -0.1) is 24.0 Å². The molecule has 0 bridgehead atoms. The lowest BCUT2D eigenvalue weighted by Gasteiger charge is -2.35. The third-order valence-electron chi connectivity index (χ3n) is 4.98. The molecular weight excluding hydrogens is 465 g/mol. The van der Waals surface area contributed by atoms with Crippen molar-refractivity contribution in [2.45, 2.75) is 32.3 Å². The van der Waals surface area contributed by atoms with Crippen molar-refractivity contribution < 1.29 is 4.74 Å². The molecule has 7 heteroatoms. The number of benzene rings is 1. The summed E-state index contributed by atoms with van der Waals surface area (Å²) in [4.78, 5) is 7.27. The molecule has 1 fully saturated rings. The molecule has 1 N–H and O–H groups in total. The molecule has 3 rings (SSSR count). The number of halogens is 1. The van der Waals surface area contributed by atoms with Gasteiger partial charge >= 0.3 is 0 Å². The van der Waals surface area contributed by atoms with E-state index in [1.54, 1.807) is 0 Å². The van der Waals surface area contributed by atoms with Gasteiger partial charge in [-0.1, -0.05) is 44.2 Å². The highest BCUT2D eigenvalue weighted by atomic mass is 127. The van der Waals surface area contributed by atoms with Crippen LogP contribution in [0.1, 0.15) is 38.0 Å². The van der Waals surface area contributed by atoms with Gasteiger partial charge in [-0.05, 0) is 12.5 Å². The predicted molar refractivity (Wildman–Crippen MR) is 124 cm³/mol. The van der Waals surface area contributed by atoms with Gasteiger partial charge in [0.25, 0.3) is 0 Å². The number of nitrogens with zero attached hydrogens (tertiary/aromatic N) is 4. The molecule has 1 aromatic carbocycles. The van der Waals surface area contributed by atoms with Gasteiger partial charge in [-0.3, -0.25) is 9.67 Å². The first kappa shape index (κ1) is 22.7. The first-order valence-corrected chi connectivity index (χ1v) is 9.68. The van der Waals surface area contributed by atoms with E-state index >= 15 is 0 Å². The summed E-state index contributed by atoms with van der Waals surface area (Å²) in [5, 5.41) is 7.73. The molecule has 1 aliphatic rings. The van der Waals surface area contributed by atoms with E-state index in [1.807, 2.05) is 24.1 Å². The van der Waals surface area contributed by atoms with Gasteiger partial charge in [0.05, 0.1) is 25.9 Å². The predicted octanol–water partition coefficient (Wildman–Crippen LogP) is 3.35. The molecule has 1 aromatic heterocycles. The quantitative estimate of drug-likeness (QED) is 0.391. The number of aliphatic imine (C=N–C) groups is 1. The number of aryl methyl sites for hydroxylation is 1. The fourth-order valence-corrected chi connectivity index (χ4v) is 3.33. The second-order valence-electron chi connectivity index (χ2n) is 7.67. The SMILES string of the molecule is CCNC(=NCC(C)(C)c1ccccc1)N1CCOC(c2cnn(C)c2)C1.I. The lowest BCUT2D eigenvalue weighted by molar-refractivity contribution is -0.00806. The summed E-state index contributed by atoms with van der Waals surface area (Å²) in [6.07, 6.45) is 3.94. The Morgan fingerprint density at radius 3 is 2.71 bits per heavy atom. The van der Waals surface area contributed by atoms with Crippen LogP contribution in [0.5, 0.6) is 0 Å². The molecule has 154 valence electrons. The molecule has 0 aliphatic carbocycles. The van der Waals surface area contributed by atoms with Crippen molar-refractivity contribution in [2.24, 2.45) is 12.0 Å². The maximum atomic E-state index is 5.97. The number of guanidine groups is 1. The molecular formula is C21H32IN5O. The maximum Gasteiger partial charge on any atom is 0.194 e. The number of ether oxygens (including phenoxy) is 1. The van der Waals surface area contributed by atoms with Crippen LogP contribution in [0.3, 0.4) is 0 Å². The fourth-order valence-electron chi connectivity index (χ4n) is 3.33. The molecule has 28 heavy (non-hydrogen) atoms. The summed E-state index contributed by atoms with van der Waals surface area (Å²) in [6, 6.07) is 10.6. The maximum absolute atomic E-state index is 5.97. The highest BCUT2D eigenvalue weighted by Crippen LogP contribution is 2.24. The van der Waals surface area contributed by atoms with Crippen molar-refractivity contribution >= 4 is 29.9 Å². The van der Waals surface area contributed by atoms with Crippen LogP contribution < -0.4 is 5.32 Å². The molecule has 1 atom stereocenters. The lowest BCUT2D eigenvalue weighted by Crippen LogP contribution is -2.48. The molecule has 1 aliphatic heterocycles. The number of rotatable bonds is 5. The number of nitrogens with one attached hydrogen (secondary N) is 1. The van der Waals surface area contributed by atoms with Crippen LogP contribution in [0.25, 0.3) is 0 Å². The third-order valence-corrected chi connectivity index (χ3v) is 4.98. The first-order chi connectivity index (χ1) is 13.0. The van der Waals surface area contributed by atoms with Gasteiger partial charge in [0.15, 0.2) is 5.96 Å². The highest BCUT2D eigenvalue weighted by molar-refractivity contribution is 14.0. The Hall–Kier alpha value is -1.61. The summed E-state index contributed by atoms with van der Waals surface area (Å²) >= 11 is 0. The summed E-state index contributed by atoms with van der Waals surface area (Å²) in [5.41, 5.74) is 2.40. The number of hydrogen-bond donors (Lipinski definition) is 1.